The summed E-state index contributed by atoms with van der Waals surface area (Å²) in [6, 6.07) is 11.7. The molecule has 0 aliphatic carbocycles. The molecule has 2 N–H and O–H groups in total. The maximum atomic E-state index is 14.1. The zero-order valence-corrected chi connectivity index (χ0v) is 13.9. The second-order valence-electron chi connectivity index (χ2n) is 5.85. The molecule has 0 heterocycles. The lowest BCUT2D eigenvalue weighted by Crippen LogP contribution is -2.39. The van der Waals surface area contributed by atoms with E-state index < -0.39 is 18.7 Å². The van der Waals surface area contributed by atoms with Crippen molar-refractivity contribution >= 4 is 6.03 Å². The summed E-state index contributed by atoms with van der Waals surface area (Å²) in [5.74, 6) is -0.302. The van der Waals surface area contributed by atoms with Crippen LogP contribution in [0.25, 0.3) is 0 Å². The van der Waals surface area contributed by atoms with Gasteiger partial charge in [-0.05, 0) is 37.5 Å². The Bertz CT molecular complexity index is 704. The van der Waals surface area contributed by atoms with Crippen LogP contribution in [-0.4, -0.2) is 19.3 Å². The Kier molecular flexibility index (Phi) is 6.29. The summed E-state index contributed by atoms with van der Waals surface area (Å²) < 4.78 is 26.3. The lowest BCUT2D eigenvalue weighted by atomic mass is 9.96. The maximum Gasteiger partial charge on any atom is 0.315 e. The Labute approximate surface area is 141 Å². The quantitative estimate of drug-likeness (QED) is 0.825. The minimum atomic E-state index is -0.630. The Hall–Kier alpha value is -2.43. The second-order valence-corrected chi connectivity index (χ2v) is 5.85. The third-order valence-corrected chi connectivity index (χ3v) is 3.76. The zero-order chi connectivity index (χ0) is 17.5. The molecule has 2 rings (SSSR count). The molecular weight excluding hydrogens is 310 g/mol. The van der Waals surface area contributed by atoms with E-state index in [1.807, 2.05) is 38.1 Å². The standard InChI is InChI=1S/C19H22F2N2O/c1-13-4-3-5-15(10-13)18(23-19(24)22-9-8-20)12-16-11-14(2)6-7-17(16)21/h3-7,10-11,18H,8-9,12H2,1-2H3,(H2,22,23,24). The maximum absolute atomic E-state index is 14.1. The summed E-state index contributed by atoms with van der Waals surface area (Å²) in [6.07, 6.45) is 0.319. The monoisotopic (exact) mass is 332 g/mol. The first-order valence-electron chi connectivity index (χ1n) is 7.91. The fourth-order valence-electron chi connectivity index (χ4n) is 2.59. The summed E-state index contributed by atoms with van der Waals surface area (Å²) in [4.78, 5) is 11.9. The fourth-order valence-corrected chi connectivity index (χ4v) is 2.59. The molecule has 2 aromatic carbocycles. The van der Waals surface area contributed by atoms with Crippen LogP contribution in [0.2, 0.25) is 0 Å². The van der Waals surface area contributed by atoms with Gasteiger partial charge in [0.1, 0.15) is 12.5 Å². The van der Waals surface area contributed by atoms with Gasteiger partial charge in [0.25, 0.3) is 0 Å². The van der Waals surface area contributed by atoms with E-state index in [9.17, 15) is 13.6 Å². The van der Waals surface area contributed by atoms with Crippen LogP contribution >= 0.6 is 0 Å². The molecule has 2 aromatic rings. The van der Waals surface area contributed by atoms with Crippen molar-refractivity contribution in [1.29, 1.82) is 0 Å². The van der Waals surface area contributed by atoms with E-state index in [2.05, 4.69) is 10.6 Å². The van der Waals surface area contributed by atoms with Crippen molar-refractivity contribution in [3.8, 4) is 0 Å². The molecule has 3 nitrogen and oxygen atoms in total. The first-order valence-corrected chi connectivity index (χ1v) is 7.91. The van der Waals surface area contributed by atoms with Gasteiger partial charge in [-0.2, -0.15) is 0 Å². The average molecular weight is 332 g/mol. The van der Waals surface area contributed by atoms with Gasteiger partial charge in [0.05, 0.1) is 6.04 Å². The number of hydrogen-bond donors (Lipinski definition) is 2. The number of benzene rings is 2. The largest absolute Gasteiger partial charge is 0.336 e. The number of alkyl halides is 1. The molecule has 5 heteroatoms. The highest BCUT2D eigenvalue weighted by Crippen LogP contribution is 2.22. The zero-order valence-electron chi connectivity index (χ0n) is 13.9. The average Bonchev–Trinajstić information content (AvgIpc) is 2.55. The number of hydrogen-bond acceptors (Lipinski definition) is 1. The van der Waals surface area contributed by atoms with E-state index in [0.717, 1.165) is 16.7 Å². The highest BCUT2D eigenvalue weighted by atomic mass is 19.1. The topological polar surface area (TPSA) is 41.1 Å². The van der Waals surface area contributed by atoms with Gasteiger partial charge in [0.15, 0.2) is 0 Å². The lowest BCUT2D eigenvalue weighted by molar-refractivity contribution is 0.235. The highest BCUT2D eigenvalue weighted by molar-refractivity contribution is 5.74. The first-order chi connectivity index (χ1) is 11.5. The van der Waals surface area contributed by atoms with Crippen molar-refractivity contribution in [2.45, 2.75) is 26.3 Å². The van der Waals surface area contributed by atoms with Crippen molar-refractivity contribution < 1.29 is 13.6 Å². The van der Waals surface area contributed by atoms with Gasteiger partial charge in [0, 0.05) is 6.54 Å². The van der Waals surface area contributed by atoms with Crippen molar-refractivity contribution in [2.75, 3.05) is 13.2 Å². The van der Waals surface area contributed by atoms with Crippen molar-refractivity contribution in [3.05, 3.63) is 70.5 Å². The predicted octanol–water partition coefficient (Wildman–Crippen LogP) is 4.00. The molecule has 24 heavy (non-hydrogen) atoms. The Morgan fingerprint density at radius 2 is 1.88 bits per heavy atom. The van der Waals surface area contributed by atoms with Crippen molar-refractivity contribution in [2.24, 2.45) is 0 Å². The van der Waals surface area contributed by atoms with E-state index in [-0.39, 0.29) is 12.4 Å². The molecule has 0 radical (unpaired) electrons. The Balaban J connectivity index is 2.25. The van der Waals surface area contributed by atoms with Gasteiger partial charge in [-0.3, -0.25) is 0 Å². The Morgan fingerprint density at radius 1 is 1.12 bits per heavy atom. The number of rotatable bonds is 6. The molecule has 2 amide bonds. The van der Waals surface area contributed by atoms with Crippen LogP contribution < -0.4 is 10.6 Å². The summed E-state index contributed by atoms with van der Waals surface area (Å²) in [5.41, 5.74) is 3.42. The van der Waals surface area contributed by atoms with Crippen LogP contribution in [0.1, 0.15) is 28.3 Å². The molecule has 0 aliphatic rings. The number of aryl methyl sites for hydroxylation is 2. The summed E-state index contributed by atoms with van der Waals surface area (Å²) in [5, 5.41) is 5.25. The SMILES string of the molecule is Cc1cccc(C(Cc2cc(C)ccc2F)NC(=O)NCCF)c1. The molecule has 0 bridgehead atoms. The second kappa shape index (κ2) is 8.43. The number of amides is 2. The van der Waals surface area contributed by atoms with Gasteiger partial charge in [-0.1, -0.05) is 47.5 Å². The molecule has 128 valence electrons. The Morgan fingerprint density at radius 3 is 2.58 bits per heavy atom. The first kappa shape index (κ1) is 17.9. The van der Waals surface area contributed by atoms with Crippen LogP contribution in [0.4, 0.5) is 13.6 Å². The number of urea groups is 1. The minimum absolute atomic E-state index is 0.0504. The number of carbonyl (C=O) groups excluding carboxylic acids is 1. The van der Waals surface area contributed by atoms with E-state index >= 15 is 0 Å². The van der Waals surface area contributed by atoms with Crippen molar-refractivity contribution in [1.82, 2.24) is 10.6 Å². The molecule has 1 atom stereocenters. The van der Waals surface area contributed by atoms with E-state index in [0.29, 0.717) is 12.0 Å². The van der Waals surface area contributed by atoms with Crippen molar-refractivity contribution in [3.63, 3.8) is 0 Å². The molecule has 0 saturated carbocycles. The number of halogens is 2. The highest BCUT2D eigenvalue weighted by Gasteiger charge is 2.17. The third-order valence-electron chi connectivity index (χ3n) is 3.76. The summed E-state index contributed by atoms with van der Waals surface area (Å²) >= 11 is 0. The minimum Gasteiger partial charge on any atom is -0.336 e. The molecule has 0 saturated heterocycles. The molecule has 0 fully saturated rings. The van der Waals surface area contributed by atoms with Gasteiger partial charge in [-0.15, -0.1) is 0 Å². The normalized spacial score (nSPS) is 11.8. The fraction of sp³-hybridized carbons (Fsp3) is 0.316. The van der Waals surface area contributed by atoms with E-state index in [1.165, 1.54) is 6.07 Å². The van der Waals surface area contributed by atoms with Crippen LogP contribution in [0.3, 0.4) is 0 Å². The molecule has 0 spiro atoms. The van der Waals surface area contributed by atoms with E-state index in [4.69, 9.17) is 0 Å². The molecule has 0 aromatic heterocycles. The van der Waals surface area contributed by atoms with Gasteiger partial charge in [0.2, 0.25) is 0 Å². The summed E-state index contributed by atoms with van der Waals surface area (Å²) in [6.45, 7) is 3.17. The summed E-state index contributed by atoms with van der Waals surface area (Å²) in [7, 11) is 0. The smallest absolute Gasteiger partial charge is 0.315 e. The van der Waals surface area contributed by atoms with Crippen LogP contribution in [-0.2, 0) is 6.42 Å². The van der Waals surface area contributed by atoms with Gasteiger partial charge < -0.3 is 10.6 Å². The molecular formula is C19H22F2N2O. The molecule has 1 unspecified atom stereocenters. The number of nitrogens with one attached hydrogen (secondary N) is 2. The third kappa shape index (κ3) is 5.05. The van der Waals surface area contributed by atoms with Crippen LogP contribution in [0.5, 0.6) is 0 Å². The number of carbonyl (C=O) groups is 1. The van der Waals surface area contributed by atoms with Crippen LogP contribution in [0.15, 0.2) is 42.5 Å². The molecule has 0 aliphatic heterocycles. The van der Waals surface area contributed by atoms with Gasteiger partial charge >= 0.3 is 6.03 Å². The van der Waals surface area contributed by atoms with E-state index in [1.54, 1.807) is 12.1 Å². The van der Waals surface area contributed by atoms with Gasteiger partial charge in [-0.25, -0.2) is 13.6 Å². The lowest BCUT2D eigenvalue weighted by Gasteiger charge is -2.20. The predicted molar refractivity (Wildman–Crippen MR) is 91.3 cm³/mol. The van der Waals surface area contributed by atoms with Crippen LogP contribution in [0, 0.1) is 19.7 Å².